The number of hydrogen-bond donors (Lipinski definition) is 2. The molecule has 0 spiro atoms. The second-order valence-electron chi connectivity index (χ2n) is 7.55. The summed E-state index contributed by atoms with van der Waals surface area (Å²) in [6.45, 7) is -0.346. The number of carbonyl (C=O) groups excluding carboxylic acids is 2. The molecule has 1 aliphatic carbocycles. The van der Waals surface area contributed by atoms with E-state index in [9.17, 15) is 19.8 Å². The van der Waals surface area contributed by atoms with Crippen LogP contribution in [-0.2, 0) is 14.3 Å². The van der Waals surface area contributed by atoms with Crippen molar-refractivity contribution in [3.63, 3.8) is 0 Å². The van der Waals surface area contributed by atoms with Gasteiger partial charge in [-0.25, -0.2) is 0 Å². The van der Waals surface area contributed by atoms with Crippen LogP contribution < -0.4 is 0 Å². The van der Waals surface area contributed by atoms with Crippen molar-refractivity contribution >= 4 is 11.8 Å². The second kappa shape index (κ2) is 15.6. The molecule has 0 aromatic heterocycles. The lowest BCUT2D eigenvalue weighted by Crippen LogP contribution is -2.22. The smallest absolute Gasteiger partial charge is 0.306 e. The van der Waals surface area contributed by atoms with Crippen molar-refractivity contribution in [2.75, 3.05) is 0 Å². The van der Waals surface area contributed by atoms with Crippen LogP contribution in [0.25, 0.3) is 0 Å². The molecule has 174 valence electrons. The van der Waals surface area contributed by atoms with Gasteiger partial charge in [0.1, 0.15) is 5.78 Å². The molecular weight excluding hydrogens is 380 g/mol. The minimum Gasteiger partial charge on any atom is -0.463 e. The number of allylic oxidation sites excluding steroid dienone is 2. The minimum absolute atomic E-state index is 0.0462. The number of ether oxygens (including phenoxy) is 1. The van der Waals surface area contributed by atoms with E-state index < -0.39 is 81.3 Å². The van der Waals surface area contributed by atoms with Crippen LogP contribution in [0.4, 0.5) is 0 Å². The molecular formula is C25H44O5. The first-order chi connectivity index (χ1) is 20.0. The molecule has 1 rings (SSSR count). The number of hydrogen-bond acceptors (Lipinski definition) is 5. The van der Waals surface area contributed by atoms with E-state index in [0.29, 0.717) is 12.8 Å². The Kier molecular flexibility index (Phi) is 6.03. The molecule has 5 nitrogen and oxygen atoms in total. The summed E-state index contributed by atoms with van der Waals surface area (Å²) >= 11 is 0. The SMILES string of the molecule is [2H]C([2H])([2H])C([2H])([2H])C([2H])([2H])C([2H])([2H])C([2H])([2H])C([2H])([2H])C([2H])([2H])C(=O)CC[C@@H]1[C@@H](CC=CCCCC(=O)OC(C)C)[C@@H](O)C[C@H]1O. The number of carbonyl (C=O) groups is 2. The van der Waals surface area contributed by atoms with Crippen LogP contribution in [0.2, 0.25) is 0 Å². The second-order valence-corrected chi connectivity index (χ2v) is 7.55. The fourth-order valence-electron chi connectivity index (χ4n) is 3.52. The maximum atomic E-state index is 13.0. The zero-order valence-corrected chi connectivity index (χ0v) is 17.6. The van der Waals surface area contributed by atoms with E-state index in [1.54, 1.807) is 26.0 Å². The Morgan fingerprint density at radius 3 is 2.57 bits per heavy atom. The highest BCUT2D eigenvalue weighted by Crippen LogP contribution is 2.38. The van der Waals surface area contributed by atoms with E-state index in [-0.39, 0.29) is 37.8 Å². The van der Waals surface area contributed by atoms with Crippen LogP contribution in [-0.4, -0.2) is 40.3 Å². The average Bonchev–Trinajstić information content (AvgIpc) is 3.14. The van der Waals surface area contributed by atoms with E-state index in [1.165, 1.54) is 0 Å². The molecule has 0 unspecified atom stereocenters. The first-order valence-corrected chi connectivity index (χ1v) is 10.3. The third-order valence-electron chi connectivity index (χ3n) is 4.87. The Bertz CT molecular complexity index is 1060. The van der Waals surface area contributed by atoms with E-state index in [4.69, 9.17) is 25.3 Å². The van der Waals surface area contributed by atoms with E-state index in [2.05, 4.69) is 0 Å². The highest BCUT2D eigenvalue weighted by atomic mass is 16.5. The van der Waals surface area contributed by atoms with Crippen molar-refractivity contribution in [3.05, 3.63) is 12.2 Å². The molecule has 0 aromatic carbocycles. The van der Waals surface area contributed by atoms with E-state index in [1.807, 2.05) is 0 Å². The standard InChI is InChI=1S/C25H44O5/c1-4-5-6-7-10-13-20(26)16-17-22-21(23(27)18-24(22)28)14-11-8-9-12-15-25(29)30-19(2)3/h8,11,19,21-24,27-28H,4-7,9-10,12-18H2,1-3H3/t21-,22-,23+,24-/m1/s1/i1D3,4D2,5D2,6D2,7D2,10D2,13D2. The quantitative estimate of drug-likeness (QED) is 0.198. The number of ketones is 1. The molecule has 0 aliphatic heterocycles. The van der Waals surface area contributed by atoms with Gasteiger partial charge >= 0.3 is 5.97 Å². The topological polar surface area (TPSA) is 83.8 Å². The van der Waals surface area contributed by atoms with Crippen LogP contribution in [0, 0.1) is 11.8 Å². The van der Waals surface area contributed by atoms with Crippen LogP contribution in [0.1, 0.15) is 124 Å². The van der Waals surface area contributed by atoms with Gasteiger partial charge in [-0.05, 0) is 64.2 Å². The van der Waals surface area contributed by atoms with Crippen LogP contribution in [0.5, 0.6) is 0 Å². The number of aliphatic hydroxyl groups excluding tert-OH is 2. The van der Waals surface area contributed by atoms with Gasteiger partial charge in [0.05, 0.1) is 18.3 Å². The van der Waals surface area contributed by atoms with Crippen LogP contribution in [0.15, 0.2) is 12.2 Å². The van der Waals surface area contributed by atoms with Gasteiger partial charge in [0.15, 0.2) is 0 Å². The first kappa shape index (κ1) is 11.6. The zero-order chi connectivity index (χ0) is 35.6. The van der Waals surface area contributed by atoms with Crippen LogP contribution in [0.3, 0.4) is 0 Å². The van der Waals surface area contributed by atoms with Gasteiger partial charge < -0.3 is 14.9 Å². The maximum absolute atomic E-state index is 13.0. The summed E-state index contributed by atoms with van der Waals surface area (Å²) in [5.41, 5.74) is 0. The normalized spacial score (nSPS) is 34.8. The Labute approximate surface area is 204 Å². The molecule has 30 heavy (non-hydrogen) atoms. The third kappa shape index (κ3) is 11.3. The monoisotopic (exact) mass is 439 g/mol. The molecule has 0 aromatic rings. The van der Waals surface area contributed by atoms with Gasteiger partial charge in [-0.15, -0.1) is 0 Å². The van der Waals surface area contributed by atoms with Crippen molar-refractivity contribution in [1.82, 2.24) is 0 Å². The molecule has 1 aliphatic rings. The van der Waals surface area contributed by atoms with Crippen molar-refractivity contribution in [2.24, 2.45) is 11.8 Å². The summed E-state index contributed by atoms with van der Waals surface area (Å²) in [5, 5.41) is 21.0. The van der Waals surface area contributed by atoms with Gasteiger partial charge in [0.25, 0.3) is 0 Å². The largest absolute Gasteiger partial charge is 0.463 e. The van der Waals surface area contributed by atoms with E-state index in [0.717, 1.165) is 0 Å². The average molecular weight is 440 g/mol. The molecule has 0 amide bonds. The van der Waals surface area contributed by atoms with Gasteiger partial charge in [0.2, 0.25) is 0 Å². The Morgan fingerprint density at radius 1 is 1.10 bits per heavy atom. The lowest BCUT2D eigenvalue weighted by Gasteiger charge is -2.22. The number of unbranched alkanes of at least 4 members (excludes halogenated alkanes) is 1. The van der Waals surface area contributed by atoms with Gasteiger partial charge in [0, 0.05) is 39.8 Å². The number of esters is 1. The molecule has 1 saturated carbocycles. The highest BCUT2D eigenvalue weighted by Gasteiger charge is 2.40. The summed E-state index contributed by atoms with van der Waals surface area (Å²) in [5.74, 6) is -3.21. The number of Topliss-reactive ketones (excluding diaryl/α,β-unsaturated/α-hetero) is 1. The third-order valence-corrected chi connectivity index (χ3v) is 4.87. The summed E-state index contributed by atoms with van der Waals surface area (Å²) < 4.78 is 123. The fraction of sp³-hybridized carbons (Fsp3) is 0.840. The first-order valence-electron chi connectivity index (χ1n) is 17.8. The molecule has 0 heterocycles. The zero-order valence-electron chi connectivity index (χ0n) is 32.6. The molecule has 5 heteroatoms. The molecule has 1 fully saturated rings. The highest BCUT2D eigenvalue weighted by molar-refractivity contribution is 5.78. The molecule has 0 bridgehead atoms. The van der Waals surface area contributed by atoms with Crippen molar-refractivity contribution in [2.45, 2.75) is 122 Å². The van der Waals surface area contributed by atoms with E-state index >= 15 is 0 Å². The molecule has 2 N–H and O–H groups in total. The number of aliphatic hydroxyl groups is 2. The summed E-state index contributed by atoms with van der Waals surface area (Å²) in [4.78, 5) is 24.7. The van der Waals surface area contributed by atoms with Crippen molar-refractivity contribution in [3.8, 4) is 0 Å². The predicted molar refractivity (Wildman–Crippen MR) is 120 cm³/mol. The fourth-order valence-corrected chi connectivity index (χ4v) is 3.52. The Morgan fingerprint density at radius 2 is 1.83 bits per heavy atom. The van der Waals surface area contributed by atoms with Crippen molar-refractivity contribution < 1.29 is 45.1 Å². The molecule has 0 saturated heterocycles. The van der Waals surface area contributed by atoms with Gasteiger partial charge in [-0.2, -0.15) is 0 Å². The summed E-state index contributed by atoms with van der Waals surface area (Å²) in [7, 11) is 0. The van der Waals surface area contributed by atoms with Crippen molar-refractivity contribution in [1.29, 1.82) is 0 Å². The minimum atomic E-state index is -4.31. The lowest BCUT2D eigenvalue weighted by molar-refractivity contribution is -0.147. The summed E-state index contributed by atoms with van der Waals surface area (Å²) in [6.07, 6.45) is -23.2. The predicted octanol–water partition coefficient (Wildman–Crippen LogP) is 5.12. The molecule has 4 atom stereocenters. The maximum Gasteiger partial charge on any atom is 0.306 e. The molecule has 0 radical (unpaired) electrons. The van der Waals surface area contributed by atoms with Crippen LogP contribution >= 0.6 is 0 Å². The van der Waals surface area contributed by atoms with Gasteiger partial charge in [-0.3, -0.25) is 9.59 Å². The van der Waals surface area contributed by atoms with Gasteiger partial charge in [-0.1, -0.05) is 44.5 Å². The Hall–Kier alpha value is -1.20. The summed E-state index contributed by atoms with van der Waals surface area (Å²) in [6, 6.07) is 0. The lowest BCUT2D eigenvalue weighted by atomic mass is 9.86. The number of rotatable bonds is 16. The Balaban J connectivity index is 3.07.